The highest BCUT2D eigenvalue weighted by Crippen LogP contribution is 2.33. The maximum atomic E-state index is 13.8. The van der Waals surface area contributed by atoms with Gasteiger partial charge in [-0.2, -0.15) is 4.98 Å². The number of halogens is 4. The van der Waals surface area contributed by atoms with Crippen LogP contribution in [0.1, 0.15) is 4.88 Å². The zero-order valence-electron chi connectivity index (χ0n) is 10.5. The van der Waals surface area contributed by atoms with E-state index in [1.165, 1.54) is 17.4 Å². The maximum Gasteiger partial charge on any atom is 0.225 e. The van der Waals surface area contributed by atoms with Crippen molar-refractivity contribution in [1.29, 1.82) is 0 Å². The second-order valence-corrected chi connectivity index (χ2v) is 6.72. The van der Waals surface area contributed by atoms with Gasteiger partial charge in [-0.15, -0.1) is 11.3 Å². The first-order valence-electron chi connectivity index (χ1n) is 5.79. The monoisotopic (exact) mass is 389 g/mol. The molecule has 0 radical (unpaired) electrons. The van der Waals surface area contributed by atoms with Crippen molar-refractivity contribution in [3.8, 4) is 0 Å². The third-order valence-electron chi connectivity index (χ3n) is 2.75. The van der Waals surface area contributed by atoms with Crippen molar-refractivity contribution in [3.05, 3.63) is 44.5 Å². The predicted octanol–water partition coefficient (Wildman–Crippen LogP) is 5.44. The second kappa shape index (κ2) is 5.47. The van der Waals surface area contributed by atoms with Gasteiger partial charge in [-0.1, -0.05) is 0 Å². The van der Waals surface area contributed by atoms with E-state index in [4.69, 9.17) is 11.6 Å². The number of nitrogens with one attached hydrogen (secondary N) is 1. The largest absolute Gasteiger partial charge is 0.337 e. The van der Waals surface area contributed by atoms with Gasteiger partial charge in [0.2, 0.25) is 5.28 Å². The molecular weight excluding hydrogens is 384 g/mol. The van der Waals surface area contributed by atoms with E-state index in [0.29, 0.717) is 10.6 Å². The molecule has 1 aromatic carbocycles. The summed E-state index contributed by atoms with van der Waals surface area (Å²) >= 11 is 10.4. The minimum Gasteiger partial charge on any atom is -0.337 e. The number of rotatable bonds is 2. The van der Waals surface area contributed by atoms with E-state index < -0.39 is 11.6 Å². The third kappa shape index (κ3) is 2.86. The normalized spacial score (nSPS) is 11.1. The number of nitrogens with zero attached hydrogens (tertiary/aromatic N) is 2. The van der Waals surface area contributed by atoms with E-state index in [1.54, 1.807) is 0 Å². The summed E-state index contributed by atoms with van der Waals surface area (Å²) in [4.78, 5) is 9.94. The number of hydrogen-bond donors (Lipinski definition) is 1. The van der Waals surface area contributed by atoms with Crippen LogP contribution in [0, 0.1) is 18.6 Å². The van der Waals surface area contributed by atoms with Crippen molar-refractivity contribution in [2.24, 2.45) is 0 Å². The molecule has 0 saturated carbocycles. The van der Waals surface area contributed by atoms with Gasteiger partial charge >= 0.3 is 0 Å². The summed E-state index contributed by atoms with van der Waals surface area (Å²) in [5, 5.41) is 3.64. The van der Waals surface area contributed by atoms with Crippen LogP contribution in [0.5, 0.6) is 0 Å². The Morgan fingerprint density at radius 2 is 1.95 bits per heavy atom. The first kappa shape index (κ1) is 14.6. The fourth-order valence-corrected chi connectivity index (χ4v) is 3.30. The van der Waals surface area contributed by atoms with Crippen LogP contribution < -0.4 is 5.32 Å². The summed E-state index contributed by atoms with van der Waals surface area (Å²) < 4.78 is 27.2. The van der Waals surface area contributed by atoms with E-state index in [2.05, 4.69) is 31.2 Å². The number of benzene rings is 1. The van der Waals surface area contributed by atoms with Crippen LogP contribution in [0.25, 0.3) is 10.2 Å². The zero-order chi connectivity index (χ0) is 15.1. The van der Waals surface area contributed by atoms with Crippen LogP contribution in [0.4, 0.5) is 20.3 Å². The first-order chi connectivity index (χ1) is 9.94. The van der Waals surface area contributed by atoms with E-state index >= 15 is 0 Å². The van der Waals surface area contributed by atoms with Crippen LogP contribution in [0.15, 0.2) is 22.7 Å². The fraction of sp³-hybridized carbons (Fsp3) is 0.0769. The third-order valence-corrected chi connectivity index (χ3v) is 4.47. The van der Waals surface area contributed by atoms with Gasteiger partial charge in [-0.05, 0) is 46.6 Å². The quantitative estimate of drug-likeness (QED) is 0.468. The summed E-state index contributed by atoms with van der Waals surface area (Å²) in [7, 11) is 0. The molecule has 0 amide bonds. The molecule has 2 aromatic heterocycles. The molecule has 0 fully saturated rings. The minimum absolute atomic E-state index is 0.0634. The molecule has 3 rings (SSSR count). The van der Waals surface area contributed by atoms with Gasteiger partial charge in [0.1, 0.15) is 22.3 Å². The highest BCUT2D eigenvalue weighted by molar-refractivity contribution is 9.10. The zero-order valence-corrected chi connectivity index (χ0v) is 13.7. The Labute approximate surface area is 136 Å². The molecule has 0 unspecified atom stereocenters. The number of thiophene rings is 1. The van der Waals surface area contributed by atoms with Crippen LogP contribution in [0.2, 0.25) is 5.28 Å². The van der Waals surface area contributed by atoms with Gasteiger partial charge < -0.3 is 5.32 Å². The second-order valence-electron chi connectivity index (χ2n) is 4.29. The Kier molecular flexibility index (Phi) is 3.81. The maximum absolute atomic E-state index is 13.8. The smallest absolute Gasteiger partial charge is 0.225 e. The van der Waals surface area contributed by atoms with Crippen LogP contribution in [-0.2, 0) is 0 Å². The summed E-state index contributed by atoms with van der Waals surface area (Å²) in [6.07, 6.45) is 0. The van der Waals surface area contributed by atoms with Crippen molar-refractivity contribution in [1.82, 2.24) is 9.97 Å². The van der Waals surface area contributed by atoms with Crippen molar-refractivity contribution < 1.29 is 8.78 Å². The highest BCUT2D eigenvalue weighted by atomic mass is 79.9. The molecule has 108 valence electrons. The Hall–Kier alpha value is -1.31. The lowest BCUT2D eigenvalue weighted by molar-refractivity contribution is 0.581. The van der Waals surface area contributed by atoms with E-state index in [1.807, 2.05) is 13.0 Å². The van der Waals surface area contributed by atoms with Crippen molar-refractivity contribution in [2.75, 3.05) is 5.32 Å². The predicted molar refractivity (Wildman–Crippen MR) is 84.5 cm³/mol. The lowest BCUT2D eigenvalue weighted by Gasteiger charge is -2.09. The van der Waals surface area contributed by atoms with E-state index in [9.17, 15) is 8.78 Å². The minimum atomic E-state index is -0.717. The molecule has 0 bridgehead atoms. The van der Waals surface area contributed by atoms with Gasteiger partial charge in [-0.25, -0.2) is 13.8 Å². The number of aryl methyl sites for hydroxylation is 1. The fourth-order valence-electron chi connectivity index (χ4n) is 1.86. The molecule has 0 saturated heterocycles. The standard InChI is InChI=1S/C13H7BrClF2N3S/c1-5-2-6-11(19-13(15)20-12(6)21-5)18-10-3-7(14)8(16)4-9(10)17/h2-4H,1H3,(H,18,19,20). The lowest BCUT2D eigenvalue weighted by Crippen LogP contribution is -1.99. The summed E-state index contributed by atoms with van der Waals surface area (Å²) in [6, 6.07) is 3.99. The topological polar surface area (TPSA) is 37.8 Å². The molecular formula is C13H7BrClF2N3S. The Bertz CT molecular complexity index is 853. The lowest BCUT2D eigenvalue weighted by atomic mass is 10.2. The molecule has 0 aliphatic rings. The van der Waals surface area contributed by atoms with Gasteiger partial charge in [0.25, 0.3) is 0 Å². The van der Waals surface area contributed by atoms with E-state index in [0.717, 1.165) is 16.3 Å². The number of aromatic nitrogens is 2. The van der Waals surface area contributed by atoms with E-state index in [-0.39, 0.29) is 15.4 Å². The summed E-state index contributed by atoms with van der Waals surface area (Å²) in [6.45, 7) is 1.93. The molecule has 8 heteroatoms. The number of fused-ring (bicyclic) bond motifs is 1. The van der Waals surface area contributed by atoms with Crippen LogP contribution in [0.3, 0.4) is 0 Å². The number of anilines is 2. The Morgan fingerprint density at radius 3 is 2.71 bits per heavy atom. The summed E-state index contributed by atoms with van der Waals surface area (Å²) in [5.41, 5.74) is 0.100. The van der Waals surface area contributed by atoms with Crippen molar-refractivity contribution in [2.45, 2.75) is 6.92 Å². The molecule has 3 aromatic rings. The molecule has 21 heavy (non-hydrogen) atoms. The Balaban J connectivity index is 2.11. The average Bonchev–Trinajstić information content (AvgIpc) is 2.76. The molecule has 0 aliphatic heterocycles. The van der Waals surface area contributed by atoms with Crippen molar-refractivity contribution in [3.63, 3.8) is 0 Å². The number of hydrogen-bond acceptors (Lipinski definition) is 4. The molecule has 1 N–H and O–H groups in total. The first-order valence-corrected chi connectivity index (χ1v) is 7.78. The molecule has 0 aliphatic carbocycles. The van der Waals surface area contributed by atoms with Gasteiger partial charge in [0.05, 0.1) is 15.5 Å². The van der Waals surface area contributed by atoms with Gasteiger partial charge in [0, 0.05) is 10.9 Å². The van der Waals surface area contributed by atoms with Gasteiger partial charge in [-0.3, -0.25) is 0 Å². The molecule has 0 atom stereocenters. The van der Waals surface area contributed by atoms with Crippen molar-refractivity contribution >= 4 is 60.6 Å². The molecule has 2 heterocycles. The molecule has 0 spiro atoms. The molecule has 3 nitrogen and oxygen atoms in total. The Morgan fingerprint density at radius 1 is 1.19 bits per heavy atom. The SMILES string of the molecule is Cc1cc2c(Nc3cc(Br)c(F)cc3F)nc(Cl)nc2s1. The van der Waals surface area contributed by atoms with Crippen LogP contribution >= 0.6 is 38.9 Å². The van der Waals surface area contributed by atoms with Crippen LogP contribution in [-0.4, -0.2) is 9.97 Å². The summed E-state index contributed by atoms with van der Waals surface area (Å²) in [5.74, 6) is -1.01. The highest BCUT2D eigenvalue weighted by Gasteiger charge is 2.13. The van der Waals surface area contributed by atoms with Gasteiger partial charge in [0.15, 0.2) is 0 Å². The average molecular weight is 391 g/mol.